The number of aromatic amines is 1. The average molecular weight is 470 g/mol. The van der Waals surface area contributed by atoms with Crippen LogP contribution in [-0.2, 0) is 11.3 Å². The summed E-state index contributed by atoms with van der Waals surface area (Å²) in [5.74, 6) is 0.441. The SMILES string of the molecule is CCN(c1cc(OCCOC)cc(C(=O)NCc2c(C)cc(C)[nH]c2=O)c1C)C1CCCCC1. The van der Waals surface area contributed by atoms with Gasteiger partial charge in [0.1, 0.15) is 12.4 Å². The van der Waals surface area contributed by atoms with Gasteiger partial charge in [0.15, 0.2) is 0 Å². The molecule has 34 heavy (non-hydrogen) atoms. The van der Waals surface area contributed by atoms with Crippen LogP contribution in [0.25, 0.3) is 0 Å². The fraction of sp³-hybridized carbons (Fsp3) is 0.556. The molecule has 0 radical (unpaired) electrons. The first-order valence-corrected chi connectivity index (χ1v) is 12.4. The number of aromatic nitrogens is 1. The number of nitrogens with one attached hydrogen (secondary N) is 2. The van der Waals surface area contributed by atoms with Crippen molar-refractivity contribution in [2.75, 3.05) is 31.8 Å². The lowest BCUT2D eigenvalue weighted by Crippen LogP contribution is -2.37. The van der Waals surface area contributed by atoms with E-state index in [1.54, 1.807) is 13.2 Å². The number of H-pyrrole nitrogens is 1. The molecule has 2 N–H and O–H groups in total. The van der Waals surface area contributed by atoms with Crippen molar-refractivity contribution in [3.8, 4) is 5.75 Å². The summed E-state index contributed by atoms with van der Waals surface area (Å²) in [6.07, 6.45) is 6.10. The smallest absolute Gasteiger partial charge is 0.253 e. The third-order valence-electron chi connectivity index (χ3n) is 6.74. The van der Waals surface area contributed by atoms with Crippen molar-refractivity contribution in [2.45, 2.75) is 72.4 Å². The Labute approximate surface area is 202 Å². The molecular formula is C27H39N3O4. The van der Waals surface area contributed by atoms with E-state index in [0.717, 1.165) is 29.1 Å². The summed E-state index contributed by atoms with van der Waals surface area (Å²) in [5.41, 5.74) is 4.62. The molecule has 1 heterocycles. The molecule has 7 heteroatoms. The molecule has 0 aliphatic heterocycles. The van der Waals surface area contributed by atoms with E-state index in [9.17, 15) is 9.59 Å². The Bertz CT molecular complexity index is 1040. The Morgan fingerprint density at radius 3 is 2.50 bits per heavy atom. The van der Waals surface area contributed by atoms with Gasteiger partial charge in [-0.2, -0.15) is 0 Å². The number of anilines is 1. The van der Waals surface area contributed by atoms with Gasteiger partial charge >= 0.3 is 0 Å². The third-order valence-corrected chi connectivity index (χ3v) is 6.74. The van der Waals surface area contributed by atoms with Gasteiger partial charge in [0.05, 0.1) is 6.61 Å². The number of ether oxygens (including phenoxy) is 2. The van der Waals surface area contributed by atoms with E-state index in [2.05, 4.69) is 28.2 Å². The van der Waals surface area contributed by atoms with Crippen LogP contribution in [0.5, 0.6) is 5.75 Å². The van der Waals surface area contributed by atoms with Crippen molar-refractivity contribution < 1.29 is 14.3 Å². The molecule has 1 aliphatic carbocycles. The fourth-order valence-corrected chi connectivity index (χ4v) is 4.92. The Kier molecular flexibility index (Phi) is 9.16. The molecule has 186 valence electrons. The Morgan fingerprint density at radius 1 is 1.12 bits per heavy atom. The number of benzene rings is 1. The van der Waals surface area contributed by atoms with Crippen molar-refractivity contribution in [1.29, 1.82) is 0 Å². The summed E-state index contributed by atoms with van der Waals surface area (Å²) in [6, 6.07) is 6.23. The number of rotatable bonds is 10. The summed E-state index contributed by atoms with van der Waals surface area (Å²) in [6.45, 7) is 9.82. The second-order valence-electron chi connectivity index (χ2n) is 9.16. The van der Waals surface area contributed by atoms with E-state index >= 15 is 0 Å². The van der Waals surface area contributed by atoms with Crippen LogP contribution in [0.15, 0.2) is 23.0 Å². The fourth-order valence-electron chi connectivity index (χ4n) is 4.92. The van der Waals surface area contributed by atoms with Crippen molar-refractivity contribution in [2.24, 2.45) is 0 Å². The first kappa shape index (κ1) is 25.8. The monoisotopic (exact) mass is 469 g/mol. The number of amides is 1. The summed E-state index contributed by atoms with van der Waals surface area (Å²) in [7, 11) is 1.64. The Hall–Kier alpha value is -2.80. The van der Waals surface area contributed by atoms with Gasteiger partial charge in [-0.25, -0.2) is 0 Å². The predicted octanol–water partition coefficient (Wildman–Crippen LogP) is 4.41. The molecule has 0 saturated heterocycles. The van der Waals surface area contributed by atoms with Crippen LogP contribution in [-0.4, -0.2) is 43.8 Å². The molecule has 1 aromatic carbocycles. The molecule has 1 saturated carbocycles. The number of aryl methyl sites for hydroxylation is 2. The molecule has 0 spiro atoms. The quantitative estimate of drug-likeness (QED) is 0.504. The molecule has 1 fully saturated rings. The van der Waals surface area contributed by atoms with E-state index in [4.69, 9.17) is 9.47 Å². The highest BCUT2D eigenvalue weighted by Gasteiger charge is 2.24. The van der Waals surface area contributed by atoms with Gasteiger partial charge in [0.25, 0.3) is 11.5 Å². The number of carbonyl (C=O) groups excluding carboxylic acids is 1. The van der Waals surface area contributed by atoms with Gasteiger partial charge < -0.3 is 24.7 Å². The first-order valence-electron chi connectivity index (χ1n) is 12.4. The molecule has 2 aromatic rings. The number of carbonyl (C=O) groups is 1. The number of methoxy groups -OCH3 is 1. The van der Waals surface area contributed by atoms with Gasteiger partial charge in [-0.05, 0) is 63.8 Å². The second-order valence-corrected chi connectivity index (χ2v) is 9.16. The number of hydrogen-bond acceptors (Lipinski definition) is 5. The molecule has 0 atom stereocenters. The van der Waals surface area contributed by atoms with Crippen molar-refractivity contribution >= 4 is 11.6 Å². The van der Waals surface area contributed by atoms with Gasteiger partial charge in [-0.15, -0.1) is 0 Å². The minimum Gasteiger partial charge on any atom is -0.491 e. The highest BCUT2D eigenvalue weighted by atomic mass is 16.5. The minimum absolute atomic E-state index is 0.165. The maximum atomic E-state index is 13.3. The average Bonchev–Trinajstić information content (AvgIpc) is 2.81. The maximum Gasteiger partial charge on any atom is 0.253 e. The molecule has 1 aromatic heterocycles. The normalized spacial score (nSPS) is 14.1. The molecule has 1 amide bonds. The highest BCUT2D eigenvalue weighted by molar-refractivity contribution is 5.97. The molecule has 0 bridgehead atoms. The zero-order valence-corrected chi connectivity index (χ0v) is 21.3. The van der Waals surface area contributed by atoms with Crippen LogP contribution in [0, 0.1) is 20.8 Å². The zero-order chi connectivity index (χ0) is 24.7. The van der Waals surface area contributed by atoms with E-state index in [1.165, 1.54) is 32.1 Å². The summed E-state index contributed by atoms with van der Waals surface area (Å²) < 4.78 is 11.1. The Balaban J connectivity index is 1.91. The first-order chi connectivity index (χ1) is 16.3. The lowest BCUT2D eigenvalue weighted by Gasteiger charge is -2.37. The van der Waals surface area contributed by atoms with Crippen LogP contribution < -0.4 is 20.5 Å². The van der Waals surface area contributed by atoms with E-state index in [-0.39, 0.29) is 18.0 Å². The summed E-state index contributed by atoms with van der Waals surface area (Å²) in [4.78, 5) is 31.0. The topological polar surface area (TPSA) is 83.7 Å². The van der Waals surface area contributed by atoms with Crippen molar-refractivity contribution in [1.82, 2.24) is 10.3 Å². The summed E-state index contributed by atoms with van der Waals surface area (Å²) >= 11 is 0. The molecule has 0 unspecified atom stereocenters. The van der Waals surface area contributed by atoms with Gasteiger partial charge in [-0.1, -0.05) is 19.3 Å². The van der Waals surface area contributed by atoms with Crippen molar-refractivity contribution in [3.63, 3.8) is 0 Å². The number of pyridine rings is 1. The van der Waals surface area contributed by atoms with Crippen molar-refractivity contribution in [3.05, 3.63) is 56.5 Å². The zero-order valence-electron chi connectivity index (χ0n) is 21.3. The predicted molar refractivity (Wildman–Crippen MR) is 136 cm³/mol. The number of nitrogens with zero attached hydrogens (tertiary/aromatic N) is 1. The van der Waals surface area contributed by atoms with Crippen LogP contribution in [0.4, 0.5) is 5.69 Å². The molecule has 1 aliphatic rings. The lowest BCUT2D eigenvalue weighted by atomic mass is 9.93. The summed E-state index contributed by atoms with van der Waals surface area (Å²) in [5, 5.41) is 2.96. The largest absolute Gasteiger partial charge is 0.491 e. The molecule has 7 nitrogen and oxygen atoms in total. The van der Waals surface area contributed by atoms with E-state index in [1.807, 2.05) is 26.8 Å². The second kappa shape index (κ2) is 12.1. The molecule has 3 rings (SSSR count). The van der Waals surface area contributed by atoms with Crippen LogP contribution in [0.1, 0.15) is 71.8 Å². The maximum absolute atomic E-state index is 13.3. The van der Waals surface area contributed by atoms with Crippen LogP contribution in [0.3, 0.4) is 0 Å². The van der Waals surface area contributed by atoms with Gasteiger partial charge in [-0.3, -0.25) is 9.59 Å². The van der Waals surface area contributed by atoms with Gasteiger partial charge in [0.2, 0.25) is 0 Å². The van der Waals surface area contributed by atoms with E-state index < -0.39 is 0 Å². The van der Waals surface area contributed by atoms with Gasteiger partial charge in [0, 0.05) is 54.8 Å². The Morgan fingerprint density at radius 2 is 1.85 bits per heavy atom. The lowest BCUT2D eigenvalue weighted by molar-refractivity contribution is 0.0949. The molecular weight excluding hydrogens is 430 g/mol. The van der Waals surface area contributed by atoms with Crippen LogP contribution in [0.2, 0.25) is 0 Å². The number of hydrogen-bond donors (Lipinski definition) is 2. The van der Waals surface area contributed by atoms with E-state index in [0.29, 0.717) is 36.1 Å². The highest BCUT2D eigenvalue weighted by Crippen LogP contribution is 2.34. The minimum atomic E-state index is -0.213. The van der Waals surface area contributed by atoms with Crippen LogP contribution >= 0.6 is 0 Å². The third kappa shape index (κ3) is 6.20. The standard InChI is InChI=1S/C27H39N3O4/c1-6-30(21-10-8-7-9-11-21)25-16-22(34-13-12-33-5)15-23(20(25)4)26(31)28-17-24-18(2)14-19(3)29-27(24)32/h14-16,21H,6-13,17H2,1-5H3,(H,28,31)(H,29,32).